The molecule has 0 fully saturated rings. The molecule has 0 bridgehead atoms. The Kier molecular flexibility index (Phi) is 6.87. The van der Waals surface area contributed by atoms with Crippen LogP contribution in [0, 0.1) is 23.7 Å². The first-order valence-corrected chi connectivity index (χ1v) is 9.25. The van der Waals surface area contributed by atoms with Crippen molar-refractivity contribution in [2.45, 2.75) is 0 Å². The Morgan fingerprint density at radius 1 is 0.500 bits per heavy atom. The summed E-state index contributed by atoms with van der Waals surface area (Å²) >= 11 is 0. The van der Waals surface area contributed by atoms with Gasteiger partial charge in [0.1, 0.15) is 5.75 Å². The van der Waals surface area contributed by atoms with Crippen molar-refractivity contribution in [2.75, 3.05) is 28.4 Å². The molecule has 0 spiro atoms. The van der Waals surface area contributed by atoms with Gasteiger partial charge in [0.15, 0.2) is 11.5 Å². The van der Waals surface area contributed by atoms with E-state index in [0.717, 1.165) is 28.0 Å². The molecule has 0 aliphatic rings. The molecule has 30 heavy (non-hydrogen) atoms. The van der Waals surface area contributed by atoms with Crippen LogP contribution in [0.3, 0.4) is 0 Å². The SMILES string of the molecule is COc1ccc(C#Cc2cccc(C#Cc3cc(OC)c(OC)c(OC)c3)c2)cc1. The average Bonchev–Trinajstić information content (AvgIpc) is 2.81. The van der Waals surface area contributed by atoms with Gasteiger partial charge in [0.25, 0.3) is 0 Å². The highest BCUT2D eigenvalue weighted by Crippen LogP contribution is 2.37. The molecule has 0 radical (unpaired) electrons. The van der Waals surface area contributed by atoms with Gasteiger partial charge in [-0.2, -0.15) is 0 Å². The Bertz CT molecular complexity index is 1110. The molecule has 4 nitrogen and oxygen atoms in total. The maximum atomic E-state index is 5.38. The molecular formula is C26H22O4. The summed E-state index contributed by atoms with van der Waals surface area (Å²) in [7, 11) is 6.38. The fourth-order valence-corrected chi connectivity index (χ4v) is 2.79. The highest BCUT2D eigenvalue weighted by molar-refractivity contribution is 5.58. The summed E-state index contributed by atoms with van der Waals surface area (Å²) in [4.78, 5) is 0. The van der Waals surface area contributed by atoms with E-state index >= 15 is 0 Å². The molecule has 3 rings (SSSR count). The number of methoxy groups -OCH3 is 4. The minimum Gasteiger partial charge on any atom is -0.497 e. The van der Waals surface area contributed by atoms with Gasteiger partial charge >= 0.3 is 0 Å². The third-order valence-electron chi connectivity index (χ3n) is 4.32. The van der Waals surface area contributed by atoms with E-state index in [1.54, 1.807) is 28.4 Å². The quantitative estimate of drug-likeness (QED) is 0.606. The Labute approximate surface area is 177 Å². The maximum Gasteiger partial charge on any atom is 0.203 e. The number of benzene rings is 3. The standard InChI is InChI=1S/C26H22O4/c1-27-23-14-12-19(13-15-23)8-9-20-6-5-7-21(16-20)10-11-22-17-24(28-2)26(30-4)25(18-22)29-3/h5-7,12-18H,1-4H3. The van der Waals surface area contributed by atoms with Crippen molar-refractivity contribution in [3.05, 3.63) is 82.9 Å². The molecule has 0 atom stereocenters. The van der Waals surface area contributed by atoms with Crippen LogP contribution in [0.15, 0.2) is 60.7 Å². The minimum absolute atomic E-state index is 0.543. The van der Waals surface area contributed by atoms with Crippen molar-refractivity contribution < 1.29 is 18.9 Å². The lowest BCUT2D eigenvalue weighted by Crippen LogP contribution is -1.95. The molecule has 0 N–H and O–H groups in total. The van der Waals surface area contributed by atoms with E-state index in [-0.39, 0.29) is 0 Å². The van der Waals surface area contributed by atoms with Gasteiger partial charge in [0, 0.05) is 22.3 Å². The zero-order valence-corrected chi connectivity index (χ0v) is 17.4. The largest absolute Gasteiger partial charge is 0.497 e. The van der Waals surface area contributed by atoms with E-state index in [1.165, 1.54) is 0 Å². The van der Waals surface area contributed by atoms with Crippen molar-refractivity contribution in [3.63, 3.8) is 0 Å². The molecule has 3 aromatic rings. The van der Waals surface area contributed by atoms with E-state index in [1.807, 2.05) is 60.7 Å². The van der Waals surface area contributed by atoms with E-state index in [2.05, 4.69) is 23.7 Å². The molecule has 0 saturated carbocycles. The van der Waals surface area contributed by atoms with Gasteiger partial charge in [-0.1, -0.05) is 29.7 Å². The fourth-order valence-electron chi connectivity index (χ4n) is 2.79. The average molecular weight is 398 g/mol. The van der Waals surface area contributed by atoms with E-state index in [9.17, 15) is 0 Å². The minimum atomic E-state index is 0.543. The highest BCUT2D eigenvalue weighted by Gasteiger charge is 2.12. The topological polar surface area (TPSA) is 36.9 Å². The second kappa shape index (κ2) is 9.96. The van der Waals surface area contributed by atoms with Crippen molar-refractivity contribution in [1.29, 1.82) is 0 Å². The van der Waals surface area contributed by atoms with Crippen LogP contribution >= 0.6 is 0 Å². The van der Waals surface area contributed by atoms with Gasteiger partial charge in [0.2, 0.25) is 5.75 Å². The van der Waals surface area contributed by atoms with E-state index in [4.69, 9.17) is 18.9 Å². The third-order valence-corrected chi connectivity index (χ3v) is 4.32. The summed E-state index contributed by atoms with van der Waals surface area (Å²) in [5, 5.41) is 0. The first kappa shape index (κ1) is 20.7. The van der Waals surface area contributed by atoms with Gasteiger partial charge in [-0.05, 0) is 54.6 Å². The molecule has 0 saturated heterocycles. The Balaban J connectivity index is 1.85. The summed E-state index contributed by atoms with van der Waals surface area (Å²) in [6.45, 7) is 0. The van der Waals surface area contributed by atoms with Gasteiger partial charge in [-0.25, -0.2) is 0 Å². The highest BCUT2D eigenvalue weighted by atomic mass is 16.5. The Morgan fingerprint density at radius 3 is 1.53 bits per heavy atom. The Hall–Kier alpha value is -4.02. The lowest BCUT2D eigenvalue weighted by atomic mass is 10.1. The summed E-state index contributed by atoms with van der Waals surface area (Å²) < 4.78 is 21.3. The van der Waals surface area contributed by atoms with Crippen molar-refractivity contribution in [1.82, 2.24) is 0 Å². The molecule has 0 amide bonds. The van der Waals surface area contributed by atoms with E-state index < -0.39 is 0 Å². The zero-order chi connectivity index (χ0) is 21.3. The third kappa shape index (κ3) is 5.07. The zero-order valence-electron chi connectivity index (χ0n) is 17.4. The van der Waals surface area contributed by atoms with Crippen LogP contribution in [0.25, 0.3) is 0 Å². The number of hydrogen-bond acceptors (Lipinski definition) is 4. The first-order chi connectivity index (χ1) is 14.7. The van der Waals surface area contributed by atoms with Crippen LogP contribution in [-0.2, 0) is 0 Å². The van der Waals surface area contributed by atoms with E-state index in [0.29, 0.717) is 17.2 Å². The second-order valence-electron chi connectivity index (χ2n) is 6.22. The summed E-state index contributed by atoms with van der Waals surface area (Å²) in [5.74, 6) is 15.1. The summed E-state index contributed by atoms with van der Waals surface area (Å²) in [6.07, 6.45) is 0. The fraction of sp³-hybridized carbons (Fsp3) is 0.154. The van der Waals surface area contributed by atoms with Crippen LogP contribution in [-0.4, -0.2) is 28.4 Å². The van der Waals surface area contributed by atoms with Crippen LogP contribution in [0.4, 0.5) is 0 Å². The molecule has 3 aromatic carbocycles. The van der Waals surface area contributed by atoms with Crippen LogP contribution in [0.1, 0.15) is 22.3 Å². The lowest BCUT2D eigenvalue weighted by Gasteiger charge is -2.12. The smallest absolute Gasteiger partial charge is 0.203 e. The Morgan fingerprint density at radius 2 is 1.03 bits per heavy atom. The molecule has 4 heteroatoms. The molecule has 0 unspecified atom stereocenters. The number of hydrogen-bond donors (Lipinski definition) is 0. The van der Waals surface area contributed by atoms with Gasteiger partial charge < -0.3 is 18.9 Å². The normalized spacial score (nSPS) is 9.47. The van der Waals surface area contributed by atoms with Crippen LogP contribution < -0.4 is 18.9 Å². The van der Waals surface area contributed by atoms with Crippen LogP contribution in [0.5, 0.6) is 23.0 Å². The second-order valence-corrected chi connectivity index (χ2v) is 6.22. The van der Waals surface area contributed by atoms with Crippen molar-refractivity contribution in [2.24, 2.45) is 0 Å². The first-order valence-electron chi connectivity index (χ1n) is 9.25. The molecule has 0 aromatic heterocycles. The molecule has 0 aliphatic carbocycles. The van der Waals surface area contributed by atoms with Crippen LogP contribution in [0.2, 0.25) is 0 Å². The summed E-state index contributed by atoms with van der Waals surface area (Å²) in [6, 6.07) is 19.1. The van der Waals surface area contributed by atoms with Gasteiger partial charge in [-0.15, -0.1) is 0 Å². The molecular weight excluding hydrogens is 376 g/mol. The molecule has 0 heterocycles. The monoisotopic (exact) mass is 398 g/mol. The number of ether oxygens (including phenoxy) is 4. The van der Waals surface area contributed by atoms with Gasteiger partial charge in [-0.3, -0.25) is 0 Å². The maximum absolute atomic E-state index is 5.38. The predicted octanol–water partition coefficient (Wildman–Crippen LogP) is 4.52. The summed E-state index contributed by atoms with van der Waals surface area (Å²) in [5.41, 5.74) is 3.44. The van der Waals surface area contributed by atoms with Crippen molar-refractivity contribution >= 4 is 0 Å². The predicted molar refractivity (Wildman–Crippen MR) is 117 cm³/mol. The van der Waals surface area contributed by atoms with Crippen molar-refractivity contribution in [3.8, 4) is 46.7 Å². The van der Waals surface area contributed by atoms with Gasteiger partial charge in [0.05, 0.1) is 28.4 Å². The molecule has 0 aliphatic heterocycles. The lowest BCUT2D eigenvalue weighted by molar-refractivity contribution is 0.324. The number of rotatable bonds is 4. The molecule has 150 valence electrons.